The summed E-state index contributed by atoms with van der Waals surface area (Å²) in [5, 5.41) is 3.48. The molecular formula is C16H21Cl2NO4. The SMILES string of the molecule is COC(=O)C(CCNC(=O)OC(C)(C)C)c1cc(Cl)cc(Cl)c1. The summed E-state index contributed by atoms with van der Waals surface area (Å²) in [4.78, 5) is 23.6. The third-order valence-electron chi connectivity index (χ3n) is 2.87. The largest absolute Gasteiger partial charge is 0.469 e. The molecule has 1 aromatic carbocycles. The summed E-state index contributed by atoms with van der Waals surface area (Å²) < 4.78 is 9.96. The highest BCUT2D eigenvalue weighted by Gasteiger charge is 2.23. The number of rotatable bonds is 5. The maximum absolute atomic E-state index is 12.0. The number of hydrogen-bond donors (Lipinski definition) is 1. The number of esters is 1. The van der Waals surface area contributed by atoms with Gasteiger partial charge >= 0.3 is 12.1 Å². The molecule has 1 atom stereocenters. The van der Waals surface area contributed by atoms with Crippen LogP contribution >= 0.6 is 23.2 Å². The highest BCUT2D eigenvalue weighted by molar-refractivity contribution is 6.34. The Balaban J connectivity index is 2.73. The Morgan fingerprint density at radius 3 is 2.22 bits per heavy atom. The Bertz CT molecular complexity index is 549. The van der Waals surface area contributed by atoms with Gasteiger partial charge in [0.1, 0.15) is 5.60 Å². The zero-order valence-corrected chi connectivity index (χ0v) is 15.1. The van der Waals surface area contributed by atoms with Gasteiger partial charge in [0.2, 0.25) is 0 Å². The molecule has 0 aliphatic heterocycles. The molecule has 0 aromatic heterocycles. The lowest BCUT2D eigenvalue weighted by molar-refractivity contribution is -0.142. The Morgan fingerprint density at radius 2 is 1.74 bits per heavy atom. The van der Waals surface area contributed by atoms with Gasteiger partial charge in [0, 0.05) is 16.6 Å². The van der Waals surface area contributed by atoms with E-state index < -0.39 is 23.6 Å². The normalized spacial score (nSPS) is 12.4. The molecule has 1 unspecified atom stereocenters. The molecule has 0 heterocycles. The van der Waals surface area contributed by atoms with Crippen LogP contribution in [-0.4, -0.2) is 31.3 Å². The van der Waals surface area contributed by atoms with E-state index in [4.69, 9.17) is 32.7 Å². The number of benzene rings is 1. The van der Waals surface area contributed by atoms with Gasteiger partial charge in [-0.1, -0.05) is 23.2 Å². The van der Waals surface area contributed by atoms with Crippen LogP contribution in [0, 0.1) is 0 Å². The highest BCUT2D eigenvalue weighted by Crippen LogP contribution is 2.27. The zero-order chi connectivity index (χ0) is 17.6. The zero-order valence-electron chi connectivity index (χ0n) is 13.6. The Labute approximate surface area is 146 Å². The molecule has 1 aromatic rings. The topological polar surface area (TPSA) is 64.6 Å². The van der Waals surface area contributed by atoms with Crippen LogP contribution < -0.4 is 5.32 Å². The first-order valence-corrected chi connectivity index (χ1v) is 7.88. The van der Waals surface area contributed by atoms with Crippen LogP contribution in [0.3, 0.4) is 0 Å². The summed E-state index contributed by atoms with van der Waals surface area (Å²) in [5.74, 6) is -1.000. The molecule has 1 N–H and O–H groups in total. The molecule has 0 saturated carbocycles. The van der Waals surface area contributed by atoms with Crippen molar-refractivity contribution >= 4 is 35.3 Å². The van der Waals surface area contributed by atoms with Gasteiger partial charge in [-0.2, -0.15) is 0 Å². The van der Waals surface area contributed by atoms with E-state index in [0.717, 1.165) is 0 Å². The van der Waals surface area contributed by atoms with Gasteiger partial charge in [-0.3, -0.25) is 4.79 Å². The van der Waals surface area contributed by atoms with Crippen LogP contribution in [0.2, 0.25) is 10.0 Å². The van der Waals surface area contributed by atoms with Gasteiger partial charge in [0.15, 0.2) is 0 Å². The molecule has 0 spiro atoms. The first-order valence-electron chi connectivity index (χ1n) is 7.13. The molecular weight excluding hydrogens is 341 g/mol. The quantitative estimate of drug-likeness (QED) is 0.799. The predicted molar refractivity (Wildman–Crippen MR) is 90.1 cm³/mol. The van der Waals surface area contributed by atoms with Gasteiger partial charge < -0.3 is 14.8 Å². The van der Waals surface area contributed by atoms with E-state index in [1.807, 2.05) is 0 Å². The number of alkyl carbamates (subject to hydrolysis) is 1. The Hall–Kier alpha value is -1.46. The van der Waals surface area contributed by atoms with E-state index >= 15 is 0 Å². The van der Waals surface area contributed by atoms with Crippen molar-refractivity contribution in [1.29, 1.82) is 0 Å². The fourth-order valence-electron chi connectivity index (χ4n) is 1.97. The molecule has 0 aliphatic rings. The van der Waals surface area contributed by atoms with Crippen molar-refractivity contribution in [1.82, 2.24) is 5.32 Å². The van der Waals surface area contributed by atoms with Crippen molar-refractivity contribution in [3.05, 3.63) is 33.8 Å². The van der Waals surface area contributed by atoms with Crippen molar-refractivity contribution < 1.29 is 19.1 Å². The van der Waals surface area contributed by atoms with Gasteiger partial charge in [-0.15, -0.1) is 0 Å². The fourth-order valence-corrected chi connectivity index (χ4v) is 2.51. The van der Waals surface area contributed by atoms with Gasteiger partial charge in [-0.25, -0.2) is 4.79 Å². The summed E-state index contributed by atoms with van der Waals surface area (Å²) in [6.07, 6.45) is -0.201. The average Bonchev–Trinajstić information content (AvgIpc) is 2.39. The van der Waals surface area contributed by atoms with E-state index in [1.165, 1.54) is 7.11 Å². The van der Waals surface area contributed by atoms with E-state index in [-0.39, 0.29) is 6.54 Å². The number of nitrogens with one attached hydrogen (secondary N) is 1. The van der Waals surface area contributed by atoms with Crippen LogP contribution in [0.1, 0.15) is 38.7 Å². The van der Waals surface area contributed by atoms with Crippen LogP contribution in [0.5, 0.6) is 0 Å². The standard InChI is InChI=1S/C16H21Cl2NO4/c1-16(2,3)23-15(21)19-6-5-13(14(20)22-4)10-7-11(17)9-12(18)8-10/h7-9,13H,5-6H2,1-4H3,(H,19,21). The summed E-state index contributed by atoms with van der Waals surface area (Å²) in [6, 6.07) is 4.89. The minimum absolute atomic E-state index is 0.249. The second kappa shape index (κ2) is 8.41. The lowest BCUT2D eigenvalue weighted by Gasteiger charge is -2.20. The monoisotopic (exact) mass is 361 g/mol. The summed E-state index contributed by atoms with van der Waals surface area (Å²) in [5.41, 5.74) is 0.0621. The first kappa shape index (κ1) is 19.6. The molecule has 7 heteroatoms. The second-order valence-electron chi connectivity index (χ2n) is 6.00. The van der Waals surface area contributed by atoms with Crippen molar-refractivity contribution in [2.75, 3.05) is 13.7 Å². The molecule has 5 nitrogen and oxygen atoms in total. The van der Waals surface area contributed by atoms with Gasteiger partial charge in [0.05, 0.1) is 13.0 Å². The molecule has 0 saturated heterocycles. The van der Waals surface area contributed by atoms with E-state index in [9.17, 15) is 9.59 Å². The number of methoxy groups -OCH3 is 1. The fraction of sp³-hybridized carbons (Fsp3) is 0.500. The number of halogens is 2. The summed E-state index contributed by atoms with van der Waals surface area (Å²) >= 11 is 11.9. The Kier molecular flexibility index (Phi) is 7.16. The molecule has 0 radical (unpaired) electrons. The van der Waals surface area contributed by atoms with E-state index in [2.05, 4.69) is 5.32 Å². The van der Waals surface area contributed by atoms with Gasteiger partial charge in [-0.05, 0) is 51.0 Å². The maximum atomic E-state index is 12.0. The third kappa shape index (κ3) is 7.10. The maximum Gasteiger partial charge on any atom is 0.407 e. The van der Waals surface area contributed by atoms with Crippen molar-refractivity contribution in [2.24, 2.45) is 0 Å². The second-order valence-corrected chi connectivity index (χ2v) is 6.87. The average molecular weight is 362 g/mol. The van der Waals surface area contributed by atoms with Crippen molar-refractivity contribution in [2.45, 2.75) is 38.7 Å². The molecule has 128 valence electrons. The van der Waals surface area contributed by atoms with E-state index in [1.54, 1.807) is 39.0 Å². The van der Waals surface area contributed by atoms with Crippen LogP contribution in [-0.2, 0) is 14.3 Å². The van der Waals surface area contributed by atoms with Crippen molar-refractivity contribution in [3.63, 3.8) is 0 Å². The number of amides is 1. The summed E-state index contributed by atoms with van der Waals surface area (Å²) in [7, 11) is 1.31. The molecule has 1 amide bonds. The minimum atomic E-state index is -0.578. The highest BCUT2D eigenvalue weighted by atomic mass is 35.5. The van der Waals surface area contributed by atoms with E-state index in [0.29, 0.717) is 22.0 Å². The third-order valence-corrected chi connectivity index (χ3v) is 3.31. The van der Waals surface area contributed by atoms with Crippen LogP contribution in [0.15, 0.2) is 18.2 Å². The molecule has 0 bridgehead atoms. The first-order chi connectivity index (χ1) is 10.6. The van der Waals surface area contributed by atoms with Crippen molar-refractivity contribution in [3.8, 4) is 0 Å². The van der Waals surface area contributed by atoms with Crippen LogP contribution in [0.4, 0.5) is 4.79 Å². The minimum Gasteiger partial charge on any atom is -0.469 e. The number of carbonyl (C=O) groups is 2. The molecule has 0 fully saturated rings. The lowest BCUT2D eigenvalue weighted by atomic mass is 9.96. The van der Waals surface area contributed by atoms with Gasteiger partial charge in [0.25, 0.3) is 0 Å². The number of carbonyl (C=O) groups excluding carboxylic acids is 2. The lowest BCUT2D eigenvalue weighted by Crippen LogP contribution is -2.34. The smallest absolute Gasteiger partial charge is 0.407 e. The van der Waals surface area contributed by atoms with Crippen LogP contribution in [0.25, 0.3) is 0 Å². The number of ether oxygens (including phenoxy) is 2. The Morgan fingerprint density at radius 1 is 1.17 bits per heavy atom. The molecule has 23 heavy (non-hydrogen) atoms. The number of hydrogen-bond acceptors (Lipinski definition) is 4. The molecule has 0 aliphatic carbocycles. The summed E-state index contributed by atoms with van der Waals surface area (Å²) in [6.45, 7) is 5.58. The molecule has 1 rings (SSSR count). The predicted octanol–water partition coefficient (Wildman–Crippen LogP) is 4.16.